The van der Waals surface area contributed by atoms with Crippen LogP contribution in [0.4, 0.5) is 8.78 Å². The van der Waals surface area contributed by atoms with Crippen LogP contribution >= 0.6 is 0 Å². The Kier molecular flexibility index (Phi) is 7.62. The zero-order chi connectivity index (χ0) is 19.8. The van der Waals surface area contributed by atoms with Crippen molar-refractivity contribution in [1.29, 1.82) is 0 Å². The van der Waals surface area contributed by atoms with Gasteiger partial charge in [0, 0.05) is 44.3 Å². The lowest BCUT2D eigenvalue weighted by Gasteiger charge is -2.31. The molecule has 1 unspecified atom stereocenters. The standard InChI is InChI=1S/C21H31F2N3O2/c1-24-20(25-11-5-12-28-16-8-13-27-14-16)26-15-21(9-2-3-10-21)19-17(22)6-4-7-18(19)23/h4,6-7,16H,2-3,5,8-15H2,1H3,(H2,24,25,26). The molecule has 0 aromatic heterocycles. The van der Waals surface area contributed by atoms with Crippen molar-refractivity contribution in [3.05, 3.63) is 35.4 Å². The molecule has 156 valence electrons. The van der Waals surface area contributed by atoms with E-state index in [9.17, 15) is 8.78 Å². The number of halogens is 2. The molecular weight excluding hydrogens is 364 g/mol. The summed E-state index contributed by atoms with van der Waals surface area (Å²) in [6, 6.07) is 4.12. The molecule has 5 nitrogen and oxygen atoms in total. The minimum absolute atomic E-state index is 0.211. The van der Waals surface area contributed by atoms with Crippen molar-refractivity contribution in [1.82, 2.24) is 10.6 Å². The maximum absolute atomic E-state index is 14.4. The zero-order valence-corrected chi connectivity index (χ0v) is 16.6. The summed E-state index contributed by atoms with van der Waals surface area (Å²) in [6.45, 7) is 3.31. The van der Waals surface area contributed by atoms with E-state index in [4.69, 9.17) is 9.47 Å². The van der Waals surface area contributed by atoms with Crippen molar-refractivity contribution < 1.29 is 18.3 Å². The summed E-state index contributed by atoms with van der Waals surface area (Å²) >= 11 is 0. The van der Waals surface area contributed by atoms with Gasteiger partial charge < -0.3 is 20.1 Å². The van der Waals surface area contributed by atoms with E-state index < -0.39 is 17.0 Å². The average molecular weight is 395 g/mol. The maximum Gasteiger partial charge on any atom is 0.191 e. The highest BCUT2D eigenvalue weighted by Gasteiger charge is 2.39. The first-order valence-electron chi connectivity index (χ1n) is 10.2. The fourth-order valence-corrected chi connectivity index (χ4v) is 4.22. The molecule has 1 aliphatic carbocycles. The summed E-state index contributed by atoms with van der Waals surface area (Å²) in [5, 5.41) is 6.54. The van der Waals surface area contributed by atoms with Crippen LogP contribution < -0.4 is 10.6 Å². The van der Waals surface area contributed by atoms with Crippen LogP contribution in [-0.4, -0.2) is 52.0 Å². The topological polar surface area (TPSA) is 54.9 Å². The molecule has 2 N–H and O–H groups in total. The molecular formula is C21H31F2N3O2. The lowest BCUT2D eigenvalue weighted by atomic mass is 9.78. The minimum Gasteiger partial charge on any atom is -0.379 e. The van der Waals surface area contributed by atoms with Gasteiger partial charge in [-0.3, -0.25) is 4.99 Å². The van der Waals surface area contributed by atoms with Gasteiger partial charge in [-0.15, -0.1) is 0 Å². The average Bonchev–Trinajstić information content (AvgIpc) is 3.36. The van der Waals surface area contributed by atoms with E-state index in [1.54, 1.807) is 7.05 Å². The number of benzene rings is 1. The second kappa shape index (κ2) is 10.2. The third-order valence-electron chi connectivity index (χ3n) is 5.73. The van der Waals surface area contributed by atoms with E-state index in [-0.39, 0.29) is 11.7 Å². The smallest absolute Gasteiger partial charge is 0.191 e. The zero-order valence-electron chi connectivity index (χ0n) is 16.6. The van der Waals surface area contributed by atoms with Gasteiger partial charge in [0.05, 0.1) is 12.7 Å². The van der Waals surface area contributed by atoms with Crippen LogP contribution in [0.1, 0.15) is 44.1 Å². The van der Waals surface area contributed by atoms with Gasteiger partial charge in [-0.25, -0.2) is 8.78 Å². The van der Waals surface area contributed by atoms with Gasteiger partial charge in [-0.05, 0) is 37.8 Å². The van der Waals surface area contributed by atoms with Gasteiger partial charge in [0.15, 0.2) is 5.96 Å². The quantitative estimate of drug-likeness (QED) is 0.403. The lowest BCUT2D eigenvalue weighted by molar-refractivity contribution is 0.0420. The summed E-state index contributed by atoms with van der Waals surface area (Å²) in [5.41, 5.74) is -0.318. The van der Waals surface area contributed by atoms with Gasteiger partial charge in [0.2, 0.25) is 0 Å². The number of hydrogen-bond donors (Lipinski definition) is 2. The molecule has 0 amide bonds. The predicted molar refractivity (Wildman–Crippen MR) is 106 cm³/mol. The van der Waals surface area contributed by atoms with Crippen molar-refractivity contribution in [2.24, 2.45) is 4.99 Å². The lowest BCUT2D eigenvalue weighted by Crippen LogP contribution is -2.45. The number of rotatable bonds is 8. The van der Waals surface area contributed by atoms with E-state index in [1.807, 2.05) is 0 Å². The number of guanidine groups is 1. The van der Waals surface area contributed by atoms with Crippen LogP contribution in [0.25, 0.3) is 0 Å². The van der Waals surface area contributed by atoms with Gasteiger partial charge >= 0.3 is 0 Å². The van der Waals surface area contributed by atoms with Crippen LogP contribution in [0.5, 0.6) is 0 Å². The largest absolute Gasteiger partial charge is 0.379 e. The Labute approximate surface area is 165 Å². The van der Waals surface area contributed by atoms with E-state index in [0.717, 1.165) is 45.1 Å². The fraction of sp³-hybridized carbons (Fsp3) is 0.667. The van der Waals surface area contributed by atoms with Gasteiger partial charge in [0.25, 0.3) is 0 Å². The molecule has 0 radical (unpaired) electrons. The SMILES string of the molecule is CN=C(NCCCOC1CCOC1)NCC1(c2c(F)cccc2F)CCCC1. The van der Waals surface area contributed by atoms with E-state index in [0.29, 0.717) is 32.3 Å². The Morgan fingerprint density at radius 3 is 2.64 bits per heavy atom. The Balaban J connectivity index is 1.49. The summed E-state index contributed by atoms with van der Waals surface area (Å²) in [6.07, 6.45) is 5.52. The highest BCUT2D eigenvalue weighted by molar-refractivity contribution is 5.79. The van der Waals surface area contributed by atoms with Gasteiger partial charge in [0.1, 0.15) is 11.6 Å². The summed E-state index contributed by atoms with van der Waals surface area (Å²) in [5.74, 6) is -0.272. The number of nitrogens with zero attached hydrogens (tertiary/aromatic N) is 1. The number of ether oxygens (including phenoxy) is 2. The Morgan fingerprint density at radius 1 is 1.25 bits per heavy atom. The molecule has 2 fully saturated rings. The van der Waals surface area contributed by atoms with Crippen molar-refractivity contribution >= 4 is 5.96 Å². The molecule has 2 aliphatic rings. The van der Waals surface area contributed by atoms with E-state index in [2.05, 4.69) is 15.6 Å². The molecule has 0 bridgehead atoms. The Bertz CT molecular complexity index is 637. The molecule has 1 aromatic carbocycles. The normalized spacial score (nSPS) is 21.8. The van der Waals surface area contributed by atoms with Crippen LogP contribution in [-0.2, 0) is 14.9 Å². The summed E-state index contributed by atoms with van der Waals surface area (Å²) in [7, 11) is 1.70. The van der Waals surface area contributed by atoms with Gasteiger partial charge in [-0.2, -0.15) is 0 Å². The number of hydrogen-bond acceptors (Lipinski definition) is 3. The maximum atomic E-state index is 14.4. The van der Waals surface area contributed by atoms with Crippen molar-refractivity contribution in [3.63, 3.8) is 0 Å². The van der Waals surface area contributed by atoms with E-state index in [1.165, 1.54) is 18.2 Å². The first kappa shape index (κ1) is 21.0. The fourth-order valence-electron chi connectivity index (χ4n) is 4.22. The summed E-state index contributed by atoms with van der Waals surface area (Å²) in [4.78, 5) is 4.24. The van der Waals surface area contributed by atoms with E-state index >= 15 is 0 Å². The van der Waals surface area contributed by atoms with Crippen LogP contribution in [0, 0.1) is 11.6 Å². The second-order valence-corrected chi connectivity index (χ2v) is 7.65. The molecule has 7 heteroatoms. The highest BCUT2D eigenvalue weighted by atomic mass is 19.1. The molecule has 1 saturated carbocycles. The molecule has 1 aromatic rings. The Hall–Kier alpha value is -1.73. The first-order chi connectivity index (χ1) is 13.6. The monoisotopic (exact) mass is 395 g/mol. The molecule has 1 heterocycles. The molecule has 0 spiro atoms. The summed E-state index contributed by atoms with van der Waals surface area (Å²) < 4.78 is 39.9. The predicted octanol–water partition coefficient (Wildman–Crippen LogP) is 3.14. The van der Waals surface area contributed by atoms with Gasteiger partial charge in [-0.1, -0.05) is 18.9 Å². The van der Waals surface area contributed by atoms with Crippen LogP contribution in [0.3, 0.4) is 0 Å². The third kappa shape index (κ3) is 5.20. The van der Waals surface area contributed by atoms with Crippen molar-refractivity contribution in [2.75, 3.05) is 40.0 Å². The van der Waals surface area contributed by atoms with Crippen molar-refractivity contribution in [2.45, 2.75) is 50.0 Å². The first-order valence-corrected chi connectivity index (χ1v) is 10.2. The number of nitrogens with one attached hydrogen (secondary N) is 2. The molecule has 28 heavy (non-hydrogen) atoms. The molecule has 3 rings (SSSR count). The Morgan fingerprint density at radius 2 is 2.00 bits per heavy atom. The van der Waals surface area contributed by atoms with Crippen LogP contribution in [0.2, 0.25) is 0 Å². The van der Waals surface area contributed by atoms with Crippen molar-refractivity contribution in [3.8, 4) is 0 Å². The minimum atomic E-state index is -0.529. The second-order valence-electron chi connectivity index (χ2n) is 7.65. The molecule has 1 saturated heterocycles. The molecule has 1 atom stereocenters. The third-order valence-corrected chi connectivity index (χ3v) is 5.73. The van der Waals surface area contributed by atoms with Crippen LogP contribution in [0.15, 0.2) is 23.2 Å². The highest BCUT2D eigenvalue weighted by Crippen LogP contribution is 2.42. The molecule has 1 aliphatic heterocycles. The number of aliphatic imine (C=N–C) groups is 1.